The predicted octanol–water partition coefficient (Wildman–Crippen LogP) is 3.19. The number of aliphatic hydroxyl groups excluding tert-OH is 1. The van der Waals surface area contributed by atoms with E-state index in [1.807, 2.05) is 0 Å². The molecule has 7 heteroatoms. The van der Waals surface area contributed by atoms with Crippen LogP contribution in [0, 0.1) is 12.7 Å². The number of aryl methyl sites for hydroxylation is 1. The Hall–Kier alpha value is -1.44. The molecule has 0 aromatic heterocycles. The van der Waals surface area contributed by atoms with E-state index in [-0.39, 0.29) is 21.7 Å². The molecule has 0 saturated carbocycles. The molecule has 0 saturated heterocycles. The van der Waals surface area contributed by atoms with E-state index in [2.05, 4.69) is 20.7 Å². The third-order valence-electron chi connectivity index (χ3n) is 2.97. The van der Waals surface area contributed by atoms with Crippen LogP contribution < -0.4 is 4.72 Å². The van der Waals surface area contributed by atoms with Crippen LogP contribution in [0.2, 0.25) is 0 Å². The van der Waals surface area contributed by atoms with Gasteiger partial charge < -0.3 is 5.11 Å². The summed E-state index contributed by atoms with van der Waals surface area (Å²) < 4.78 is 40.2. The monoisotopic (exact) mass is 373 g/mol. The van der Waals surface area contributed by atoms with Gasteiger partial charge in [-0.1, -0.05) is 6.07 Å². The quantitative estimate of drug-likeness (QED) is 0.864. The van der Waals surface area contributed by atoms with E-state index in [0.717, 1.165) is 11.6 Å². The van der Waals surface area contributed by atoms with Crippen molar-refractivity contribution in [2.24, 2.45) is 0 Å². The maximum atomic E-state index is 13.1. The van der Waals surface area contributed by atoms with Gasteiger partial charge in [0.05, 0.1) is 21.7 Å². The second-order valence-electron chi connectivity index (χ2n) is 4.48. The number of hydrogen-bond acceptors (Lipinski definition) is 3. The summed E-state index contributed by atoms with van der Waals surface area (Å²) in [5.41, 5.74) is 1.59. The van der Waals surface area contributed by atoms with Crippen molar-refractivity contribution < 1.29 is 17.9 Å². The summed E-state index contributed by atoms with van der Waals surface area (Å²) in [6, 6.07) is 8.33. The molecule has 0 amide bonds. The number of halogens is 2. The molecule has 0 heterocycles. The first kappa shape index (κ1) is 15.9. The third-order valence-corrected chi connectivity index (χ3v) is 4.96. The lowest BCUT2D eigenvalue weighted by Crippen LogP contribution is -2.13. The van der Waals surface area contributed by atoms with Crippen LogP contribution in [0.3, 0.4) is 0 Å². The topological polar surface area (TPSA) is 66.4 Å². The van der Waals surface area contributed by atoms with Gasteiger partial charge in [-0.2, -0.15) is 0 Å². The Labute approximate surface area is 130 Å². The first-order valence-electron chi connectivity index (χ1n) is 6.02. The molecular weight excluding hydrogens is 361 g/mol. The largest absolute Gasteiger partial charge is 0.392 e. The van der Waals surface area contributed by atoms with Gasteiger partial charge in [0.1, 0.15) is 5.82 Å². The van der Waals surface area contributed by atoms with Gasteiger partial charge in [0.2, 0.25) is 0 Å². The van der Waals surface area contributed by atoms with E-state index >= 15 is 0 Å². The lowest BCUT2D eigenvalue weighted by atomic mass is 10.1. The van der Waals surface area contributed by atoms with Crippen LogP contribution in [-0.2, 0) is 16.6 Å². The molecule has 0 spiro atoms. The zero-order valence-corrected chi connectivity index (χ0v) is 13.5. The molecule has 0 aliphatic carbocycles. The molecule has 0 radical (unpaired) electrons. The van der Waals surface area contributed by atoms with Gasteiger partial charge in [0.25, 0.3) is 10.0 Å². The van der Waals surface area contributed by atoms with Crippen molar-refractivity contribution in [2.75, 3.05) is 4.72 Å². The molecule has 0 atom stereocenters. The van der Waals surface area contributed by atoms with Crippen LogP contribution in [0.5, 0.6) is 0 Å². The number of hydrogen-bond donors (Lipinski definition) is 2. The van der Waals surface area contributed by atoms with Gasteiger partial charge >= 0.3 is 0 Å². The van der Waals surface area contributed by atoms with Crippen molar-refractivity contribution in [3.05, 3.63) is 57.8 Å². The molecule has 2 N–H and O–H groups in total. The SMILES string of the molecule is Cc1ccc(S(=O)(=O)Nc2ccc(F)c(Br)c2)cc1CO. The van der Waals surface area contributed by atoms with Crippen molar-refractivity contribution in [1.29, 1.82) is 0 Å². The van der Waals surface area contributed by atoms with Gasteiger partial charge in [0.15, 0.2) is 0 Å². The fourth-order valence-electron chi connectivity index (χ4n) is 1.76. The second-order valence-corrected chi connectivity index (χ2v) is 7.02. The summed E-state index contributed by atoms with van der Waals surface area (Å²) in [7, 11) is -3.80. The van der Waals surface area contributed by atoms with E-state index in [1.165, 1.54) is 24.3 Å². The fourth-order valence-corrected chi connectivity index (χ4v) is 3.24. The molecule has 4 nitrogen and oxygen atoms in total. The zero-order chi connectivity index (χ0) is 15.6. The third kappa shape index (κ3) is 3.61. The number of rotatable bonds is 4. The minimum Gasteiger partial charge on any atom is -0.392 e. The lowest BCUT2D eigenvalue weighted by Gasteiger charge is -2.11. The van der Waals surface area contributed by atoms with Crippen molar-refractivity contribution >= 4 is 31.6 Å². The Morgan fingerprint density at radius 3 is 2.57 bits per heavy atom. The van der Waals surface area contributed by atoms with E-state index in [4.69, 9.17) is 0 Å². The minimum absolute atomic E-state index is 0.0394. The maximum absolute atomic E-state index is 13.1. The summed E-state index contributed by atoms with van der Waals surface area (Å²) in [6.07, 6.45) is 0. The van der Waals surface area contributed by atoms with E-state index in [0.29, 0.717) is 5.56 Å². The van der Waals surface area contributed by atoms with Crippen LogP contribution in [-0.4, -0.2) is 13.5 Å². The van der Waals surface area contributed by atoms with Gasteiger partial charge in [-0.25, -0.2) is 12.8 Å². The zero-order valence-electron chi connectivity index (χ0n) is 11.1. The Kier molecular flexibility index (Phi) is 4.65. The summed E-state index contributed by atoms with van der Waals surface area (Å²) in [5.74, 6) is -0.476. The smallest absolute Gasteiger partial charge is 0.261 e. The molecule has 0 aliphatic rings. The Balaban J connectivity index is 2.35. The molecular formula is C14H13BrFNO3S. The Morgan fingerprint density at radius 2 is 1.95 bits per heavy atom. The van der Waals surface area contributed by atoms with Gasteiger partial charge in [-0.15, -0.1) is 0 Å². The summed E-state index contributed by atoms with van der Waals surface area (Å²) in [4.78, 5) is 0.0394. The minimum atomic E-state index is -3.80. The highest BCUT2D eigenvalue weighted by Crippen LogP contribution is 2.23. The Morgan fingerprint density at radius 1 is 1.24 bits per heavy atom. The van der Waals surface area contributed by atoms with E-state index in [9.17, 15) is 17.9 Å². The maximum Gasteiger partial charge on any atom is 0.261 e. The Bertz CT molecular complexity index is 778. The highest BCUT2D eigenvalue weighted by molar-refractivity contribution is 9.10. The molecule has 2 aromatic rings. The number of sulfonamides is 1. The molecule has 2 aromatic carbocycles. The molecule has 112 valence electrons. The van der Waals surface area contributed by atoms with Crippen LogP contribution >= 0.6 is 15.9 Å². The molecule has 0 bridgehead atoms. The van der Waals surface area contributed by atoms with Crippen molar-refractivity contribution in [2.45, 2.75) is 18.4 Å². The van der Waals surface area contributed by atoms with E-state index in [1.54, 1.807) is 13.0 Å². The van der Waals surface area contributed by atoms with Crippen molar-refractivity contribution in [3.8, 4) is 0 Å². The average molecular weight is 374 g/mol. The predicted molar refractivity (Wildman–Crippen MR) is 82.0 cm³/mol. The van der Waals surface area contributed by atoms with Crippen molar-refractivity contribution in [3.63, 3.8) is 0 Å². The molecule has 21 heavy (non-hydrogen) atoms. The molecule has 2 rings (SSSR count). The fraction of sp³-hybridized carbons (Fsp3) is 0.143. The summed E-state index contributed by atoms with van der Waals surface area (Å²) in [6.45, 7) is 1.55. The molecule has 0 unspecified atom stereocenters. The van der Waals surface area contributed by atoms with E-state index < -0.39 is 15.8 Å². The normalized spacial score (nSPS) is 11.4. The van der Waals surface area contributed by atoms with Gasteiger partial charge in [-0.05, 0) is 64.3 Å². The summed E-state index contributed by atoms with van der Waals surface area (Å²) in [5, 5.41) is 9.20. The van der Waals surface area contributed by atoms with Crippen molar-refractivity contribution in [1.82, 2.24) is 0 Å². The standard InChI is InChI=1S/C14H13BrFNO3S/c1-9-2-4-12(6-10(9)8-18)21(19,20)17-11-3-5-14(16)13(15)7-11/h2-7,17-18H,8H2,1H3. The molecule has 0 fully saturated rings. The average Bonchev–Trinajstić information content (AvgIpc) is 2.43. The number of anilines is 1. The van der Waals surface area contributed by atoms with Gasteiger partial charge in [0, 0.05) is 0 Å². The number of aliphatic hydroxyl groups is 1. The second kappa shape index (κ2) is 6.13. The number of benzene rings is 2. The van der Waals surface area contributed by atoms with Crippen LogP contribution in [0.4, 0.5) is 10.1 Å². The number of nitrogens with one attached hydrogen (secondary N) is 1. The first-order valence-corrected chi connectivity index (χ1v) is 8.29. The lowest BCUT2D eigenvalue weighted by molar-refractivity contribution is 0.281. The van der Waals surface area contributed by atoms with Gasteiger partial charge in [-0.3, -0.25) is 4.72 Å². The van der Waals surface area contributed by atoms with Crippen LogP contribution in [0.1, 0.15) is 11.1 Å². The van der Waals surface area contributed by atoms with Crippen LogP contribution in [0.15, 0.2) is 45.8 Å². The highest BCUT2D eigenvalue weighted by atomic mass is 79.9. The summed E-state index contributed by atoms with van der Waals surface area (Å²) >= 11 is 3.00. The molecule has 0 aliphatic heterocycles. The highest BCUT2D eigenvalue weighted by Gasteiger charge is 2.16. The van der Waals surface area contributed by atoms with Crippen LogP contribution in [0.25, 0.3) is 0 Å². The first-order chi connectivity index (χ1) is 9.83.